The molecule has 3 heterocycles. The number of nitro groups is 1. The molecule has 0 unspecified atom stereocenters. The third-order valence-electron chi connectivity index (χ3n) is 6.66. The number of allylic oxidation sites excluding steroid dienone is 1. The van der Waals surface area contributed by atoms with Crippen molar-refractivity contribution in [1.29, 1.82) is 5.26 Å². The number of thiophene rings is 1. The van der Waals surface area contributed by atoms with E-state index in [0.717, 1.165) is 39.0 Å². The Labute approximate surface area is 232 Å². The van der Waals surface area contributed by atoms with Crippen LogP contribution >= 0.6 is 11.3 Å². The molecule has 9 nitrogen and oxygen atoms in total. The Balaban J connectivity index is 1.33. The van der Waals surface area contributed by atoms with Crippen LogP contribution in [-0.2, 0) is 0 Å². The molecule has 1 aliphatic rings. The van der Waals surface area contributed by atoms with Gasteiger partial charge in [0.15, 0.2) is 11.6 Å². The Kier molecular flexibility index (Phi) is 7.57. The van der Waals surface area contributed by atoms with Gasteiger partial charge in [-0.25, -0.2) is 13.8 Å². The summed E-state index contributed by atoms with van der Waals surface area (Å²) in [5.41, 5.74) is 2.55. The Morgan fingerprint density at radius 1 is 1.18 bits per heavy atom. The molecule has 40 heavy (non-hydrogen) atoms. The van der Waals surface area contributed by atoms with E-state index in [1.807, 2.05) is 43.5 Å². The van der Waals surface area contributed by atoms with Crippen LogP contribution < -0.4 is 15.0 Å². The number of aryl methyl sites for hydroxylation is 2. The van der Waals surface area contributed by atoms with E-state index in [0.29, 0.717) is 43.5 Å². The molecule has 5 rings (SSSR count). The smallest absolute Gasteiger partial charge is 0.275 e. The number of nitro benzene ring substituents is 1. The van der Waals surface area contributed by atoms with Crippen LogP contribution in [0.2, 0.25) is 0 Å². The van der Waals surface area contributed by atoms with E-state index in [9.17, 15) is 18.9 Å². The van der Waals surface area contributed by atoms with Gasteiger partial charge in [0.05, 0.1) is 28.6 Å². The zero-order valence-corrected chi connectivity index (χ0v) is 22.5. The van der Waals surface area contributed by atoms with Crippen molar-refractivity contribution in [3.63, 3.8) is 0 Å². The van der Waals surface area contributed by atoms with Crippen LogP contribution in [0.15, 0.2) is 41.8 Å². The maximum absolute atomic E-state index is 14.5. The first-order valence-electron chi connectivity index (χ1n) is 12.5. The lowest BCUT2D eigenvalue weighted by Crippen LogP contribution is -2.40. The minimum absolute atomic E-state index is 0.0565. The molecule has 0 saturated carbocycles. The lowest BCUT2D eigenvalue weighted by molar-refractivity contribution is -0.385. The number of nitrogens with one attached hydrogen (secondary N) is 1. The van der Waals surface area contributed by atoms with Gasteiger partial charge in [-0.15, -0.1) is 11.3 Å². The standard InChI is InChI=1S/C28H24F2N6O3S/c1-16-12-18(4-3-8-31)13-17(2)25(16)39-27-26-23(7-11-40-26)33-28(34-27)32-19-5-9-35(10-6-19)24-21(29)14-20(36(37)38)15-22(24)30/h3-4,7,11-15,19H,5-6,9-10H2,1-2H3,(H,32,33,34)/b4-3+. The number of nitriles is 1. The zero-order valence-electron chi connectivity index (χ0n) is 21.6. The lowest BCUT2D eigenvalue weighted by atomic mass is 10.0. The molecule has 0 amide bonds. The number of anilines is 2. The van der Waals surface area contributed by atoms with Gasteiger partial charge < -0.3 is 15.0 Å². The zero-order chi connectivity index (χ0) is 28.4. The second-order valence-corrected chi connectivity index (χ2v) is 10.4. The highest BCUT2D eigenvalue weighted by Crippen LogP contribution is 2.36. The summed E-state index contributed by atoms with van der Waals surface area (Å²) in [5.74, 6) is -0.428. The van der Waals surface area contributed by atoms with Crippen LogP contribution in [0.25, 0.3) is 16.3 Å². The van der Waals surface area contributed by atoms with Crippen LogP contribution in [-0.4, -0.2) is 34.0 Å². The van der Waals surface area contributed by atoms with E-state index >= 15 is 0 Å². The Hall–Kier alpha value is -4.63. The molecule has 0 aliphatic carbocycles. The first-order valence-corrected chi connectivity index (χ1v) is 13.4. The fraction of sp³-hybridized carbons (Fsp3) is 0.250. The first-order chi connectivity index (χ1) is 19.2. The maximum Gasteiger partial charge on any atom is 0.275 e. The molecule has 0 spiro atoms. The molecule has 1 saturated heterocycles. The lowest BCUT2D eigenvalue weighted by Gasteiger charge is -2.34. The fourth-order valence-corrected chi connectivity index (χ4v) is 5.59. The van der Waals surface area contributed by atoms with Gasteiger partial charge in [0.1, 0.15) is 16.1 Å². The molecular formula is C28H24F2N6O3S. The summed E-state index contributed by atoms with van der Waals surface area (Å²) in [5, 5.41) is 25.0. The number of piperidine rings is 1. The van der Waals surface area contributed by atoms with Gasteiger partial charge in [-0.2, -0.15) is 10.2 Å². The van der Waals surface area contributed by atoms with Gasteiger partial charge in [0.25, 0.3) is 5.69 Å². The van der Waals surface area contributed by atoms with Gasteiger partial charge in [-0.05, 0) is 73.0 Å². The number of hydrogen-bond donors (Lipinski definition) is 1. The van der Waals surface area contributed by atoms with Gasteiger partial charge in [0, 0.05) is 25.2 Å². The molecule has 1 aliphatic heterocycles. The second-order valence-electron chi connectivity index (χ2n) is 9.46. The van der Waals surface area contributed by atoms with Gasteiger partial charge in [-0.3, -0.25) is 10.1 Å². The number of aromatic nitrogens is 2. The summed E-state index contributed by atoms with van der Waals surface area (Å²) >= 11 is 1.47. The normalized spacial score (nSPS) is 14.0. The average molecular weight is 563 g/mol. The summed E-state index contributed by atoms with van der Waals surface area (Å²) < 4.78 is 36.2. The molecule has 2 aromatic heterocycles. The SMILES string of the molecule is Cc1cc(/C=C/C#N)cc(C)c1Oc1nc(NC2CCN(c3c(F)cc([N+](=O)[O-])cc3F)CC2)nc2ccsc12. The van der Waals surface area contributed by atoms with E-state index < -0.39 is 22.2 Å². The fourth-order valence-electron chi connectivity index (χ4n) is 4.83. The van der Waals surface area contributed by atoms with E-state index in [1.165, 1.54) is 17.4 Å². The summed E-state index contributed by atoms with van der Waals surface area (Å²) in [6.45, 7) is 4.56. The van der Waals surface area contributed by atoms with Crippen molar-refractivity contribution in [2.75, 3.05) is 23.3 Å². The number of benzene rings is 2. The molecular weight excluding hydrogens is 538 g/mol. The maximum atomic E-state index is 14.5. The number of non-ortho nitro benzene ring substituents is 1. The molecule has 0 radical (unpaired) electrons. The first kappa shape index (κ1) is 27.0. The molecule has 2 aromatic carbocycles. The highest BCUT2D eigenvalue weighted by atomic mass is 32.1. The van der Waals surface area contributed by atoms with Crippen molar-refractivity contribution in [2.45, 2.75) is 32.7 Å². The van der Waals surface area contributed by atoms with Crippen LogP contribution in [0.5, 0.6) is 11.6 Å². The largest absolute Gasteiger partial charge is 0.437 e. The van der Waals surface area contributed by atoms with Crippen molar-refractivity contribution < 1.29 is 18.4 Å². The molecule has 4 aromatic rings. The highest BCUT2D eigenvalue weighted by molar-refractivity contribution is 7.17. The second kappa shape index (κ2) is 11.2. The monoisotopic (exact) mass is 562 g/mol. The Morgan fingerprint density at radius 3 is 2.48 bits per heavy atom. The third-order valence-corrected chi connectivity index (χ3v) is 7.55. The topological polar surface area (TPSA) is 117 Å². The van der Waals surface area contributed by atoms with E-state index in [4.69, 9.17) is 10.00 Å². The average Bonchev–Trinajstić information content (AvgIpc) is 3.39. The van der Waals surface area contributed by atoms with Gasteiger partial charge >= 0.3 is 0 Å². The van der Waals surface area contributed by atoms with Crippen molar-refractivity contribution in [1.82, 2.24) is 9.97 Å². The summed E-state index contributed by atoms with van der Waals surface area (Å²) in [4.78, 5) is 20.9. The number of nitrogens with zero attached hydrogens (tertiary/aromatic N) is 5. The van der Waals surface area contributed by atoms with Crippen LogP contribution in [0, 0.1) is 46.9 Å². The van der Waals surface area contributed by atoms with Crippen LogP contribution in [0.3, 0.4) is 0 Å². The number of rotatable bonds is 7. The summed E-state index contributed by atoms with van der Waals surface area (Å²) in [7, 11) is 0. The molecule has 1 fully saturated rings. The predicted molar refractivity (Wildman–Crippen MR) is 150 cm³/mol. The molecule has 12 heteroatoms. The van der Waals surface area contributed by atoms with Crippen LogP contribution in [0.1, 0.15) is 29.5 Å². The summed E-state index contributed by atoms with van der Waals surface area (Å²) in [6.07, 6.45) is 4.26. The van der Waals surface area contributed by atoms with E-state index in [2.05, 4.69) is 15.3 Å². The number of ether oxygens (including phenoxy) is 1. The Morgan fingerprint density at radius 2 is 1.85 bits per heavy atom. The minimum Gasteiger partial charge on any atom is -0.437 e. The minimum atomic E-state index is -0.953. The van der Waals surface area contributed by atoms with Crippen molar-refractivity contribution >= 4 is 45.0 Å². The third kappa shape index (κ3) is 5.55. The summed E-state index contributed by atoms with van der Waals surface area (Å²) in [6, 6.07) is 9.19. The number of hydrogen-bond acceptors (Lipinski definition) is 9. The molecule has 204 valence electrons. The van der Waals surface area contributed by atoms with Crippen molar-refractivity contribution in [3.05, 3.63) is 80.2 Å². The number of halogens is 2. The van der Waals surface area contributed by atoms with E-state index in [1.54, 1.807) is 11.0 Å². The van der Waals surface area contributed by atoms with Gasteiger partial charge in [-0.1, -0.05) is 0 Å². The highest BCUT2D eigenvalue weighted by Gasteiger charge is 2.27. The quantitative estimate of drug-likeness (QED) is 0.147. The predicted octanol–water partition coefficient (Wildman–Crippen LogP) is 6.90. The molecule has 1 N–H and O–H groups in total. The Bertz CT molecular complexity index is 1630. The van der Waals surface area contributed by atoms with Crippen molar-refractivity contribution in [3.8, 4) is 17.7 Å². The van der Waals surface area contributed by atoms with Crippen molar-refractivity contribution in [2.24, 2.45) is 0 Å². The molecule has 0 bridgehead atoms. The molecule has 0 atom stereocenters. The van der Waals surface area contributed by atoms with Gasteiger partial charge in [0.2, 0.25) is 11.8 Å². The number of fused-ring (bicyclic) bond motifs is 1. The van der Waals surface area contributed by atoms with Crippen LogP contribution in [0.4, 0.5) is 26.1 Å². The van der Waals surface area contributed by atoms with E-state index in [-0.39, 0.29) is 11.7 Å².